The van der Waals surface area contributed by atoms with E-state index in [-0.39, 0.29) is 25.6 Å². The van der Waals surface area contributed by atoms with Crippen molar-refractivity contribution in [3.8, 4) is 0 Å². The molecule has 0 rings (SSSR count). The van der Waals surface area contributed by atoms with Gasteiger partial charge in [-0.05, 0) is 13.0 Å². The van der Waals surface area contributed by atoms with Crippen molar-refractivity contribution in [3.63, 3.8) is 0 Å². The molecule has 0 saturated carbocycles. The van der Waals surface area contributed by atoms with Crippen LogP contribution < -0.4 is 0 Å². The molecule has 0 fully saturated rings. The molecule has 5 nitrogen and oxygen atoms in total. The molecule has 0 aliphatic rings. The van der Waals surface area contributed by atoms with Gasteiger partial charge < -0.3 is 19.7 Å². The molecule has 0 saturated heterocycles. The average molecular weight is 482 g/mol. The fourth-order valence-corrected chi connectivity index (χ4v) is 3.94. The molecule has 0 aromatic rings. The van der Waals surface area contributed by atoms with Gasteiger partial charge in [-0.3, -0.25) is 4.90 Å². The van der Waals surface area contributed by atoms with Crippen LogP contribution in [-0.4, -0.2) is 74.4 Å². The van der Waals surface area contributed by atoms with Crippen LogP contribution in [0.1, 0.15) is 110 Å². The summed E-state index contributed by atoms with van der Waals surface area (Å²) in [5.41, 5.74) is 0. The summed E-state index contributed by atoms with van der Waals surface area (Å²) in [4.78, 5) is 2.37. The van der Waals surface area contributed by atoms with Gasteiger partial charge in [0.1, 0.15) is 0 Å². The van der Waals surface area contributed by atoms with Crippen LogP contribution in [0.3, 0.4) is 0 Å². The van der Waals surface area contributed by atoms with E-state index in [9.17, 15) is 0 Å². The lowest BCUT2D eigenvalue weighted by atomic mass is 10.0. The van der Waals surface area contributed by atoms with Gasteiger partial charge in [0.05, 0.1) is 39.6 Å². The summed E-state index contributed by atoms with van der Waals surface area (Å²) in [6.07, 6.45) is 22.3. The maximum Gasteiger partial charge on any atom is 0.0698 e. The van der Waals surface area contributed by atoms with E-state index in [4.69, 9.17) is 19.7 Å². The highest BCUT2D eigenvalue weighted by Gasteiger charge is 2.05. The van der Waals surface area contributed by atoms with E-state index in [1.54, 1.807) is 0 Å². The van der Waals surface area contributed by atoms with E-state index >= 15 is 0 Å². The molecular weight excluding hydrogens is 426 g/mol. The predicted molar refractivity (Wildman–Crippen MR) is 139 cm³/mol. The zero-order chi connectivity index (χ0) is 22.7. The molecule has 0 heterocycles. The summed E-state index contributed by atoms with van der Waals surface area (Å²) in [5.74, 6) is 0. The highest BCUT2D eigenvalue weighted by atomic mass is 35.5. The number of unbranched alkanes of at least 4 members (excludes halogenated alkanes) is 15. The van der Waals surface area contributed by atoms with E-state index in [2.05, 4.69) is 11.8 Å². The Balaban J connectivity index is 0. The molecule has 2 N–H and O–H groups in total. The van der Waals surface area contributed by atoms with Gasteiger partial charge in [-0.2, -0.15) is 0 Å². The predicted octanol–water partition coefficient (Wildman–Crippen LogP) is 5.99. The first-order valence-corrected chi connectivity index (χ1v) is 13.4. The van der Waals surface area contributed by atoms with Crippen LogP contribution in [0.25, 0.3) is 0 Å². The fourth-order valence-electron chi connectivity index (χ4n) is 3.94. The Morgan fingerprint density at radius 2 is 0.812 bits per heavy atom. The monoisotopic (exact) mass is 481 g/mol. The molecule has 0 bridgehead atoms. The molecule has 32 heavy (non-hydrogen) atoms. The van der Waals surface area contributed by atoms with Crippen molar-refractivity contribution in [2.45, 2.75) is 110 Å². The van der Waals surface area contributed by atoms with Gasteiger partial charge >= 0.3 is 0 Å². The lowest BCUT2D eigenvalue weighted by Gasteiger charge is -2.22. The Labute approximate surface area is 206 Å². The molecule has 6 heteroatoms. The van der Waals surface area contributed by atoms with Crippen molar-refractivity contribution in [1.29, 1.82) is 0 Å². The van der Waals surface area contributed by atoms with Crippen molar-refractivity contribution in [3.05, 3.63) is 0 Å². The molecule has 0 atom stereocenters. The Hall–Kier alpha value is 0.0900. The number of ether oxygens (including phenoxy) is 2. The van der Waals surface area contributed by atoms with Crippen molar-refractivity contribution in [2.24, 2.45) is 0 Å². The van der Waals surface area contributed by atoms with Crippen LogP contribution in [0.15, 0.2) is 0 Å². The topological polar surface area (TPSA) is 62.2 Å². The highest BCUT2D eigenvalue weighted by molar-refractivity contribution is 5.85. The first-order chi connectivity index (χ1) is 15.3. The van der Waals surface area contributed by atoms with Gasteiger partial charge in [0.2, 0.25) is 0 Å². The van der Waals surface area contributed by atoms with Crippen LogP contribution in [0.2, 0.25) is 0 Å². The van der Waals surface area contributed by atoms with Crippen LogP contribution >= 0.6 is 12.4 Å². The lowest BCUT2D eigenvalue weighted by molar-refractivity contribution is 0.0503. The molecule has 0 aromatic carbocycles. The quantitative estimate of drug-likeness (QED) is 0.141. The second kappa shape index (κ2) is 31.1. The van der Waals surface area contributed by atoms with Crippen LogP contribution in [0.5, 0.6) is 0 Å². The maximum atomic E-state index is 8.81. The normalized spacial score (nSPS) is 11.2. The minimum absolute atomic E-state index is 0. The number of aliphatic hydroxyl groups excluding tert-OH is 2. The second-order valence-corrected chi connectivity index (χ2v) is 8.82. The third-order valence-corrected chi connectivity index (χ3v) is 5.90. The Morgan fingerprint density at radius 3 is 1.16 bits per heavy atom. The van der Waals surface area contributed by atoms with Crippen LogP contribution in [0, 0.1) is 0 Å². The minimum atomic E-state index is 0. The Bertz CT molecular complexity index is 312. The summed E-state index contributed by atoms with van der Waals surface area (Å²) in [6, 6.07) is 0. The van der Waals surface area contributed by atoms with Gasteiger partial charge in [0, 0.05) is 13.1 Å². The zero-order valence-corrected chi connectivity index (χ0v) is 22.1. The standard InChI is InChI=1S/C26H55NO4.ClH/c1-2-3-4-5-6-7-8-9-10-11-12-13-14-15-16-17-18-27(19-23-30-25-21-28)20-24-31-26-22-29;/h28-29H,2-26H2,1H3;1H. The molecule has 196 valence electrons. The largest absolute Gasteiger partial charge is 0.394 e. The smallest absolute Gasteiger partial charge is 0.0698 e. The van der Waals surface area contributed by atoms with E-state index in [0.717, 1.165) is 19.6 Å². The number of halogens is 1. The van der Waals surface area contributed by atoms with Crippen molar-refractivity contribution < 1.29 is 19.7 Å². The van der Waals surface area contributed by atoms with Gasteiger partial charge in [-0.15, -0.1) is 12.4 Å². The van der Waals surface area contributed by atoms with Crippen molar-refractivity contribution in [1.82, 2.24) is 4.90 Å². The molecule has 0 unspecified atom stereocenters. The minimum Gasteiger partial charge on any atom is -0.394 e. The number of hydrogen-bond acceptors (Lipinski definition) is 5. The van der Waals surface area contributed by atoms with Gasteiger partial charge in [-0.1, -0.05) is 103 Å². The number of nitrogens with zero attached hydrogens (tertiary/aromatic N) is 1. The third-order valence-electron chi connectivity index (χ3n) is 5.90. The molecule has 0 aliphatic carbocycles. The van der Waals surface area contributed by atoms with E-state index in [1.165, 1.54) is 103 Å². The van der Waals surface area contributed by atoms with Gasteiger partial charge in [0.15, 0.2) is 0 Å². The third kappa shape index (κ3) is 28.1. The lowest BCUT2D eigenvalue weighted by Crippen LogP contribution is -2.32. The first-order valence-electron chi connectivity index (χ1n) is 13.4. The van der Waals surface area contributed by atoms with Crippen LogP contribution in [-0.2, 0) is 9.47 Å². The molecule has 0 spiro atoms. The van der Waals surface area contributed by atoms with Crippen LogP contribution in [0.4, 0.5) is 0 Å². The summed E-state index contributed by atoms with van der Waals surface area (Å²) < 4.78 is 10.8. The fraction of sp³-hybridized carbons (Fsp3) is 1.00. The van der Waals surface area contributed by atoms with E-state index in [1.807, 2.05) is 0 Å². The van der Waals surface area contributed by atoms with E-state index < -0.39 is 0 Å². The Kier molecular flexibility index (Phi) is 33.3. The van der Waals surface area contributed by atoms with E-state index in [0.29, 0.717) is 26.4 Å². The SMILES string of the molecule is CCCCCCCCCCCCCCCCCCN(CCOCCO)CCOCCO.Cl. The average Bonchev–Trinajstić information content (AvgIpc) is 2.78. The highest BCUT2D eigenvalue weighted by Crippen LogP contribution is 2.13. The number of hydrogen-bond donors (Lipinski definition) is 2. The Morgan fingerprint density at radius 1 is 0.469 bits per heavy atom. The number of rotatable bonds is 27. The summed E-state index contributed by atoms with van der Waals surface area (Å²) in [7, 11) is 0. The summed E-state index contributed by atoms with van der Waals surface area (Å²) >= 11 is 0. The number of aliphatic hydroxyl groups is 2. The molecule has 0 aromatic heterocycles. The molecular formula is C26H56ClNO4. The molecule has 0 aliphatic heterocycles. The second-order valence-electron chi connectivity index (χ2n) is 8.82. The van der Waals surface area contributed by atoms with Gasteiger partial charge in [-0.25, -0.2) is 0 Å². The zero-order valence-electron chi connectivity index (χ0n) is 21.2. The maximum absolute atomic E-state index is 8.81. The summed E-state index contributed by atoms with van der Waals surface area (Å²) in [6.45, 7) is 7.40. The van der Waals surface area contributed by atoms with Crippen molar-refractivity contribution >= 4 is 12.4 Å². The van der Waals surface area contributed by atoms with Crippen molar-refractivity contribution in [2.75, 3.05) is 59.3 Å². The molecule has 0 radical (unpaired) electrons. The summed E-state index contributed by atoms with van der Waals surface area (Å²) in [5, 5.41) is 17.6. The first kappa shape index (κ1) is 34.3. The molecule has 0 amide bonds. The van der Waals surface area contributed by atoms with Gasteiger partial charge in [0.25, 0.3) is 0 Å².